The third-order valence-electron chi connectivity index (χ3n) is 3.27. The molecule has 24 heavy (non-hydrogen) atoms. The number of rotatable bonds is 2. The van der Waals surface area contributed by atoms with E-state index in [9.17, 15) is 26.7 Å². The highest BCUT2D eigenvalue weighted by Gasteiger charge is 2.39. The number of allylic oxidation sites excluding steroid dienone is 1. The van der Waals surface area contributed by atoms with Crippen molar-refractivity contribution in [3.63, 3.8) is 0 Å². The number of anilines is 2. The molecule has 0 spiro atoms. The van der Waals surface area contributed by atoms with E-state index in [0.29, 0.717) is 4.68 Å². The molecule has 0 unspecified atom stereocenters. The number of benzene rings is 1. The van der Waals surface area contributed by atoms with Crippen LogP contribution in [0.15, 0.2) is 30.5 Å². The van der Waals surface area contributed by atoms with Crippen LogP contribution in [0.4, 0.5) is 33.5 Å². The van der Waals surface area contributed by atoms with Gasteiger partial charge >= 0.3 is 6.18 Å². The second-order valence-corrected chi connectivity index (χ2v) is 4.87. The Morgan fingerprint density at radius 3 is 2.67 bits per heavy atom. The molecule has 1 aromatic carbocycles. The number of fused-ring (bicyclic) bond motifs is 1. The number of carbonyl (C=O) groups excluding carboxylic acids is 1. The molecule has 0 fully saturated rings. The first-order chi connectivity index (χ1) is 11.3. The minimum absolute atomic E-state index is 0.0405. The standard InChI is InChI=1S/C14H9F5N4O/c15-9-2-1-7(5-10(9)16)22-13(24)8-6-21-23-11(14(17,18)19)3-4-20-12(8)23/h1-3,5-6,20H,4H2,(H,22,24). The van der Waals surface area contributed by atoms with Crippen LogP contribution in [0.25, 0.3) is 5.70 Å². The molecule has 1 amide bonds. The van der Waals surface area contributed by atoms with Gasteiger partial charge in [0.25, 0.3) is 5.91 Å². The molecule has 126 valence electrons. The Kier molecular flexibility index (Phi) is 3.74. The van der Waals surface area contributed by atoms with Crippen LogP contribution in [-0.4, -0.2) is 28.4 Å². The van der Waals surface area contributed by atoms with Gasteiger partial charge in [-0.1, -0.05) is 0 Å². The SMILES string of the molecule is O=C(Nc1ccc(F)c(F)c1)c1cnn2c1NCC=C2C(F)(F)F. The Bertz CT molecular complexity index is 840. The Hall–Kier alpha value is -2.91. The van der Waals surface area contributed by atoms with E-state index in [0.717, 1.165) is 30.5 Å². The topological polar surface area (TPSA) is 59.0 Å². The van der Waals surface area contributed by atoms with Crippen molar-refractivity contribution in [3.8, 4) is 0 Å². The average Bonchev–Trinajstić information content (AvgIpc) is 2.94. The second kappa shape index (κ2) is 5.62. The van der Waals surface area contributed by atoms with E-state index in [1.807, 2.05) is 0 Å². The van der Waals surface area contributed by atoms with Crippen LogP contribution in [0.5, 0.6) is 0 Å². The summed E-state index contributed by atoms with van der Waals surface area (Å²) >= 11 is 0. The molecule has 10 heteroatoms. The summed E-state index contributed by atoms with van der Waals surface area (Å²) in [4.78, 5) is 12.2. The predicted octanol–water partition coefficient (Wildman–Crippen LogP) is 3.24. The van der Waals surface area contributed by atoms with Gasteiger partial charge in [-0.2, -0.15) is 18.3 Å². The van der Waals surface area contributed by atoms with Gasteiger partial charge in [-0.05, 0) is 18.2 Å². The monoisotopic (exact) mass is 344 g/mol. The van der Waals surface area contributed by atoms with Crippen molar-refractivity contribution in [1.82, 2.24) is 9.78 Å². The maximum atomic E-state index is 13.1. The fourth-order valence-corrected chi connectivity index (χ4v) is 2.21. The first-order valence-corrected chi connectivity index (χ1v) is 6.63. The van der Waals surface area contributed by atoms with Gasteiger partial charge in [0.2, 0.25) is 0 Å². The fraction of sp³-hybridized carbons (Fsp3) is 0.143. The summed E-state index contributed by atoms with van der Waals surface area (Å²) in [5.41, 5.74) is -1.21. The summed E-state index contributed by atoms with van der Waals surface area (Å²) < 4.78 is 65.4. The highest BCUT2D eigenvalue weighted by molar-refractivity contribution is 6.07. The van der Waals surface area contributed by atoms with E-state index in [1.165, 1.54) is 0 Å². The zero-order valence-corrected chi connectivity index (χ0v) is 11.8. The van der Waals surface area contributed by atoms with Crippen molar-refractivity contribution in [1.29, 1.82) is 0 Å². The Morgan fingerprint density at radius 1 is 1.25 bits per heavy atom. The van der Waals surface area contributed by atoms with Crippen molar-refractivity contribution in [3.05, 3.63) is 47.7 Å². The lowest BCUT2D eigenvalue weighted by molar-refractivity contribution is -0.0745. The first-order valence-electron chi connectivity index (χ1n) is 6.63. The molecule has 2 aromatic rings. The molecule has 1 aromatic heterocycles. The van der Waals surface area contributed by atoms with Gasteiger partial charge in [-0.25, -0.2) is 13.5 Å². The molecule has 0 saturated heterocycles. The highest BCUT2D eigenvalue weighted by Crippen LogP contribution is 2.34. The number of carbonyl (C=O) groups is 1. The lowest BCUT2D eigenvalue weighted by Crippen LogP contribution is -2.25. The highest BCUT2D eigenvalue weighted by atomic mass is 19.4. The summed E-state index contributed by atoms with van der Waals surface area (Å²) in [5, 5.41) is 8.48. The molecule has 0 saturated carbocycles. The number of nitrogens with zero attached hydrogens (tertiary/aromatic N) is 2. The van der Waals surface area contributed by atoms with Gasteiger partial charge in [0.1, 0.15) is 17.1 Å². The van der Waals surface area contributed by atoms with Crippen LogP contribution in [0.3, 0.4) is 0 Å². The number of amides is 1. The number of aromatic nitrogens is 2. The van der Waals surface area contributed by atoms with Crippen LogP contribution < -0.4 is 10.6 Å². The summed E-state index contributed by atoms with van der Waals surface area (Å²) in [7, 11) is 0. The van der Waals surface area contributed by atoms with E-state index in [-0.39, 0.29) is 23.6 Å². The van der Waals surface area contributed by atoms with Gasteiger partial charge < -0.3 is 10.6 Å². The molecule has 0 radical (unpaired) electrons. The minimum atomic E-state index is -4.63. The zero-order chi connectivity index (χ0) is 17.5. The van der Waals surface area contributed by atoms with Crippen LogP contribution in [0.2, 0.25) is 0 Å². The molecule has 3 rings (SSSR count). The second-order valence-electron chi connectivity index (χ2n) is 4.87. The Balaban J connectivity index is 1.89. The molecular weight excluding hydrogens is 335 g/mol. The third-order valence-corrected chi connectivity index (χ3v) is 3.27. The largest absolute Gasteiger partial charge is 0.433 e. The zero-order valence-electron chi connectivity index (χ0n) is 11.8. The van der Waals surface area contributed by atoms with Gasteiger partial charge in [-0.3, -0.25) is 4.79 Å². The maximum Gasteiger partial charge on any atom is 0.433 e. The van der Waals surface area contributed by atoms with E-state index in [2.05, 4.69) is 15.7 Å². The summed E-state index contributed by atoms with van der Waals surface area (Å²) in [6.07, 6.45) is -2.77. The van der Waals surface area contributed by atoms with Crippen molar-refractivity contribution in [2.45, 2.75) is 6.18 Å². The molecule has 1 aliphatic rings. The van der Waals surface area contributed by atoms with Crippen molar-refractivity contribution >= 4 is 23.1 Å². The lowest BCUT2D eigenvalue weighted by atomic mass is 10.2. The minimum Gasteiger partial charge on any atom is -0.366 e. The Labute approximate surface area is 131 Å². The quantitative estimate of drug-likeness (QED) is 0.823. The van der Waals surface area contributed by atoms with Gasteiger partial charge in [0, 0.05) is 18.3 Å². The summed E-state index contributed by atoms with van der Waals surface area (Å²) in [5.74, 6) is -3.19. The van der Waals surface area contributed by atoms with Gasteiger partial charge in [-0.15, -0.1) is 0 Å². The molecule has 2 heterocycles. The van der Waals surface area contributed by atoms with Crippen molar-refractivity contribution in [2.24, 2.45) is 0 Å². The number of hydrogen-bond donors (Lipinski definition) is 2. The van der Waals surface area contributed by atoms with E-state index in [1.54, 1.807) is 0 Å². The first kappa shape index (κ1) is 16.0. The molecule has 2 N–H and O–H groups in total. The van der Waals surface area contributed by atoms with Crippen LogP contribution in [0.1, 0.15) is 10.4 Å². The van der Waals surface area contributed by atoms with Crippen LogP contribution in [-0.2, 0) is 0 Å². The van der Waals surface area contributed by atoms with Crippen molar-refractivity contribution < 1.29 is 26.7 Å². The smallest absolute Gasteiger partial charge is 0.366 e. The number of nitrogens with one attached hydrogen (secondary N) is 2. The molecule has 5 nitrogen and oxygen atoms in total. The molecule has 0 atom stereocenters. The van der Waals surface area contributed by atoms with Gasteiger partial charge in [0.05, 0.1) is 6.20 Å². The van der Waals surface area contributed by atoms with Gasteiger partial charge in [0.15, 0.2) is 11.6 Å². The molecule has 1 aliphatic heterocycles. The third kappa shape index (κ3) is 2.82. The Morgan fingerprint density at radius 2 is 2.00 bits per heavy atom. The van der Waals surface area contributed by atoms with Crippen LogP contribution >= 0.6 is 0 Å². The van der Waals surface area contributed by atoms with E-state index >= 15 is 0 Å². The summed E-state index contributed by atoms with van der Waals surface area (Å²) in [6.45, 7) is -0.133. The normalized spacial score (nSPS) is 13.8. The number of hydrogen-bond acceptors (Lipinski definition) is 3. The van der Waals surface area contributed by atoms with Crippen LogP contribution in [0, 0.1) is 11.6 Å². The lowest BCUT2D eigenvalue weighted by Gasteiger charge is -2.20. The molecule has 0 bridgehead atoms. The summed E-state index contributed by atoms with van der Waals surface area (Å²) in [6, 6.07) is 2.71. The average molecular weight is 344 g/mol. The van der Waals surface area contributed by atoms with E-state index < -0.39 is 29.4 Å². The number of halogens is 5. The van der Waals surface area contributed by atoms with Crippen molar-refractivity contribution in [2.75, 3.05) is 17.2 Å². The molecule has 0 aliphatic carbocycles. The predicted molar refractivity (Wildman–Crippen MR) is 75.4 cm³/mol. The maximum absolute atomic E-state index is 13.1. The fourth-order valence-electron chi connectivity index (χ4n) is 2.21. The van der Waals surface area contributed by atoms with E-state index in [4.69, 9.17) is 0 Å². The number of alkyl halides is 3. The molecular formula is C14H9F5N4O.